The molecular formula is C19H24N2O2S. The molecule has 0 bridgehead atoms. The van der Waals surface area contributed by atoms with Gasteiger partial charge in [0.1, 0.15) is 5.75 Å². The van der Waals surface area contributed by atoms with E-state index in [4.69, 9.17) is 0 Å². The minimum Gasteiger partial charge on any atom is -0.508 e. The van der Waals surface area contributed by atoms with Crippen LogP contribution < -0.4 is 5.32 Å². The van der Waals surface area contributed by atoms with Crippen LogP contribution in [0.15, 0.2) is 46.2 Å². The van der Waals surface area contributed by atoms with Gasteiger partial charge in [0, 0.05) is 35.0 Å². The molecule has 0 aliphatic carbocycles. The highest BCUT2D eigenvalue weighted by Gasteiger charge is 2.24. The number of likely N-dealkylation sites (N-methyl/N-ethyl adjacent to an activating group) is 1. The van der Waals surface area contributed by atoms with Crippen LogP contribution in [0.3, 0.4) is 0 Å². The Kier molecular flexibility index (Phi) is 5.21. The zero-order valence-corrected chi connectivity index (χ0v) is 15.0. The van der Waals surface area contributed by atoms with Crippen LogP contribution in [0.4, 0.5) is 5.69 Å². The maximum atomic E-state index is 12.8. The van der Waals surface area contributed by atoms with Gasteiger partial charge in [-0.05, 0) is 54.5 Å². The number of aromatic hydroxyl groups is 1. The van der Waals surface area contributed by atoms with Crippen molar-refractivity contribution in [1.82, 2.24) is 4.90 Å². The van der Waals surface area contributed by atoms with Crippen molar-refractivity contribution < 1.29 is 9.32 Å². The summed E-state index contributed by atoms with van der Waals surface area (Å²) in [5.74, 6) is 0.223. The van der Waals surface area contributed by atoms with Crippen molar-refractivity contribution in [3.63, 3.8) is 0 Å². The fourth-order valence-corrected chi connectivity index (χ4v) is 4.58. The molecule has 1 aliphatic heterocycles. The largest absolute Gasteiger partial charge is 0.508 e. The second-order valence-electron chi connectivity index (χ2n) is 5.97. The molecule has 2 N–H and O–H groups in total. The zero-order chi connectivity index (χ0) is 17.1. The first-order chi connectivity index (χ1) is 11.6. The number of hydrogen-bond acceptors (Lipinski definition) is 4. The van der Waals surface area contributed by atoms with Gasteiger partial charge in [-0.2, -0.15) is 0 Å². The number of fused-ring (bicyclic) bond motifs is 2. The van der Waals surface area contributed by atoms with E-state index in [2.05, 4.69) is 24.1 Å². The Labute approximate surface area is 146 Å². The van der Waals surface area contributed by atoms with E-state index >= 15 is 0 Å². The summed E-state index contributed by atoms with van der Waals surface area (Å²) < 4.78 is 12.8. The lowest BCUT2D eigenvalue weighted by Crippen LogP contribution is -2.29. The van der Waals surface area contributed by atoms with Crippen molar-refractivity contribution in [2.24, 2.45) is 0 Å². The standard InChI is InChI=1S/C19H24N2O2S/c1-3-21(4-2)11-10-20-17-6-5-7-19-16(17)13-14-12-15(22)8-9-18(14)24(19)23/h5-9,12,20,22H,3-4,10-11,13H2,1-2H3. The first-order valence-corrected chi connectivity index (χ1v) is 9.60. The minimum absolute atomic E-state index is 0.223. The molecule has 0 radical (unpaired) electrons. The molecule has 0 aromatic heterocycles. The second-order valence-corrected chi connectivity index (χ2v) is 7.39. The summed E-state index contributed by atoms with van der Waals surface area (Å²) >= 11 is 0. The van der Waals surface area contributed by atoms with E-state index in [0.717, 1.165) is 52.8 Å². The van der Waals surface area contributed by atoms with Crippen LogP contribution >= 0.6 is 0 Å². The van der Waals surface area contributed by atoms with Crippen molar-refractivity contribution in [2.45, 2.75) is 30.1 Å². The molecule has 2 aromatic rings. The lowest BCUT2D eigenvalue weighted by Gasteiger charge is -2.23. The number of phenols is 1. The van der Waals surface area contributed by atoms with Crippen molar-refractivity contribution in [2.75, 3.05) is 31.5 Å². The third-order valence-electron chi connectivity index (χ3n) is 4.58. The summed E-state index contributed by atoms with van der Waals surface area (Å²) in [7, 11) is -1.19. The molecular weight excluding hydrogens is 320 g/mol. The fraction of sp³-hybridized carbons (Fsp3) is 0.368. The van der Waals surface area contributed by atoms with Crippen LogP contribution in [0, 0.1) is 0 Å². The van der Waals surface area contributed by atoms with Crippen LogP contribution in [0.1, 0.15) is 25.0 Å². The highest BCUT2D eigenvalue weighted by atomic mass is 32.2. The van der Waals surface area contributed by atoms with Crippen LogP contribution in [0.2, 0.25) is 0 Å². The Morgan fingerprint density at radius 2 is 1.96 bits per heavy atom. The van der Waals surface area contributed by atoms with Crippen LogP contribution in [0.5, 0.6) is 5.75 Å². The Bertz CT molecular complexity index is 757. The molecule has 24 heavy (non-hydrogen) atoms. The van der Waals surface area contributed by atoms with Gasteiger partial charge in [0.25, 0.3) is 0 Å². The molecule has 0 saturated heterocycles. The first kappa shape index (κ1) is 17.0. The lowest BCUT2D eigenvalue weighted by molar-refractivity contribution is 0.316. The molecule has 0 amide bonds. The third-order valence-corrected chi connectivity index (χ3v) is 6.16. The Morgan fingerprint density at radius 3 is 2.71 bits per heavy atom. The minimum atomic E-state index is -1.19. The number of anilines is 1. The summed E-state index contributed by atoms with van der Waals surface area (Å²) in [6.45, 7) is 8.26. The Balaban J connectivity index is 1.83. The average molecular weight is 344 g/mol. The highest BCUT2D eigenvalue weighted by molar-refractivity contribution is 7.85. The monoisotopic (exact) mass is 344 g/mol. The zero-order valence-electron chi connectivity index (χ0n) is 14.2. The molecule has 1 atom stereocenters. The van der Waals surface area contributed by atoms with Gasteiger partial charge >= 0.3 is 0 Å². The number of hydrogen-bond donors (Lipinski definition) is 2. The van der Waals surface area contributed by atoms with Gasteiger partial charge in [0.2, 0.25) is 0 Å². The first-order valence-electron chi connectivity index (χ1n) is 8.45. The summed E-state index contributed by atoms with van der Waals surface area (Å²) in [4.78, 5) is 4.05. The van der Waals surface area contributed by atoms with E-state index in [1.54, 1.807) is 18.2 Å². The number of rotatable bonds is 6. The smallest absolute Gasteiger partial charge is 0.115 e. The van der Waals surface area contributed by atoms with Gasteiger partial charge in [-0.3, -0.25) is 0 Å². The van der Waals surface area contributed by atoms with Gasteiger partial charge in [0.15, 0.2) is 0 Å². The van der Waals surface area contributed by atoms with E-state index in [0.29, 0.717) is 6.42 Å². The third kappa shape index (κ3) is 3.32. The van der Waals surface area contributed by atoms with Gasteiger partial charge < -0.3 is 15.3 Å². The van der Waals surface area contributed by atoms with E-state index in [1.807, 2.05) is 18.2 Å². The maximum Gasteiger partial charge on any atom is 0.115 e. The molecule has 4 nitrogen and oxygen atoms in total. The molecule has 5 heteroatoms. The molecule has 0 saturated carbocycles. The van der Waals surface area contributed by atoms with E-state index < -0.39 is 10.8 Å². The average Bonchev–Trinajstić information content (AvgIpc) is 2.59. The molecule has 1 heterocycles. The molecule has 128 valence electrons. The van der Waals surface area contributed by atoms with Crippen LogP contribution in [-0.4, -0.2) is 40.4 Å². The molecule has 1 unspecified atom stereocenters. The molecule has 0 fully saturated rings. The fourth-order valence-electron chi connectivity index (χ4n) is 3.17. The van der Waals surface area contributed by atoms with Crippen molar-refractivity contribution in [3.8, 4) is 5.75 Å². The van der Waals surface area contributed by atoms with E-state index in [-0.39, 0.29) is 5.75 Å². The van der Waals surface area contributed by atoms with E-state index in [1.165, 1.54) is 0 Å². The molecule has 1 aliphatic rings. The molecule has 2 aromatic carbocycles. The SMILES string of the molecule is CCN(CC)CCNc1cccc2c1Cc1cc(O)ccc1S2=O. The number of nitrogens with one attached hydrogen (secondary N) is 1. The lowest BCUT2D eigenvalue weighted by atomic mass is 10.0. The summed E-state index contributed by atoms with van der Waals surface area (Å²) in [6, 6.07) is 11.0. The molecule has 3 rings (SSSR count). The van der Waals surface area contributed by atoms with Crippen LogP contribution in [0.25, 0.3) is 0 Å². The predicted molar refractivity (Wildman–Crippen MR) is 98.3 cm³/mol. The van der Waals surface area contributed by atoms with Gasteiger partial charge in [-0.15, -0.1) is 0 Å². The maximum absolute atomic E-state index is 12.8. The molecule has 0 spiro atoms. The second kappa shape index (κ2) is 7.36. The highest BCUT2D eigenvalue weighted by Crippen LogP contribution is 2.36. The number of benzene rings is 2. The summed E-state index contributed by atoms with van der Waals surface area (Å²) in [5, 5.41) is 13.2. The normalized spacial score (nSPS) is 15.9. The Morgan fingerprint density at radius 1 is 1.17 bits per heavy atom. The van der Waals surface area contributed by atoms with Gasteiger partial charge in [-0.25, -0.2) is 4.21 Å². The Hall–Kier alpha value is -1.85. The summed E-state index contributed by atoms with van der Waals surface area (Å²) in [6.07, 6.45) is 0.694. The van der Waals surface area contributed by atoms with Crippen molar-refractivity contribution in [3.05, 3.63) is 47.5 Å². The van der Waals surface area contributed by atoms with E-state index in [9.17, 15) is 9.32 Å². The summed E-state index contributed by atoms with van der Waals surface area (Å²) in [5.41, 5.74) is 3.06. The van der Waals surface area contributed by atoms with Crippen molar-refractivity contribution >= 4 is 16.5 Å². The quantitative estimate of drug-likeness (QED) is 0.721. The van der Waals surface area contributed by atoms with Crippen LogP contribution in [-0.2, 0) is 17.2 Å². The number of phenolic OH excluding ortho intramolecular Hbond substituents is 1. The van der Waals surface area contributed by atoms with Gasteiger partial charge in [-0.1, -0.05) is 19.9 Å². The van der Waals surface area contributed by atoms with Crippen molar-refractivity contribution in [1.29, 1.82) is 0 Å². The van der Waals surface area contributed by atoms with Gasteiger partial charge in [0.05, 0.1) is 10.8 Å². The number of nitrogens with zero attached hydrogens (tertiary/aromatic N) is 1. The topological polar surface area (TPSA) is 52.6 Å². The predicted octanol–water partition coefficient (Wildman–Crippen LogP) is 3.22.